The minimum atomic E-state index is -0.277. The van der Waals surface area contributed by atoms with Gasteiger partial charge in [-0.05, 0) is 36.2 Å². The molecular formula is C29H41FN4O2. The first kappa shape index (κ1) is 27.7. The Balaban J connectivity index is 1.47. The average Bonchev–Trinajstić information content (AvgIpc) is 2.92. The largest absolute Gasteiger partial charge is 0.338 e. The molecule has 1 aliphatic rings. The number of carbonyl (C=O) groups is 2. The van der Waals surface area contributed by atoms with Gasteiger partial charge in [-0.1, -0.05) is 69.4 Å². The third kappa shape index (κ3) is 9.26. The lowest BCUT2D eigenvalue weighted by Crippen LogP contribution is -2.51. The highest BCUT2D eigenvalue weighted by Crippen LogP contribution is 2.11. The number of nitrogens with one attached hydrogen (secondary N) is 1. The summed E-state index contributed by atoms with van der Waals surface area (Å²) in [5.41, 5.74) is 1.63. The first-order chi connectivity index (χ1) is 17.6. The summed E-state index contributed by atoms with van der Waals surface area (Å²) >= 11 is 0. The molecule has 3 rings (SSSR count). The van der Waals surface area contributed by atoms with E-state index in [1.54, 1.807) is 12.1 Å². The van der Waals surface area contributed by atoms with Crippen LogP contribution in [-0.2, 0) is 6.54 Å². The third-order valence-electron chi connectivity index (χ3n) is 6.75. The molecule has 0 radical (unpaired) electrons. The number of piperazine rings is 1. The quantitative estimate of drug-likeness (QED) is 0.390. The standard InChI is InChI=1S/C29H41FN4O2/c1-2-3-4-5-6-10-17-31-29(36)34(24-25-13-15-27(30)16-14-25)23-20-32-18-21-33(22-19-32)28(35)26-11-8-7-9-12-26/h7-9,11-16H,2-6,10,17-24H2,1H3,(H,31,36). The summed E-state index contributed by atoms with van der Waals surface area (Å²) < 4.78 is 13.4. The van der Waals surface area contributed by atoms with Crippen molar-refractivity contribution in [2.24, 2.45) is 0 Å². The zero-order valence-electron chi connectivity index (χ0n) is 21.6. The van der Waals surface area contributed by atoms with E-state index >= 15 is 0 Å². The third-order valence-corrected chi connectivity index (χ3v) is 6.75. The molecule has 0 saturated carbocycles. The highest BCUT2D eigenvalue weighted by Gasteiger charge is 2.23. The molecule has 36 heavy (non-hydrogen) atoms. The highest BCUT2D eigenvalue weighted by atomic mass is 19.1. The molecule has 1 N–H and O–H groups in total. The Morgan fingerprint density at radius 2 is 1.56 bits per heavy atom. The second kappa shape index (κ2) is 15.2. The fraction of sp³-hybridized carbons (Fsp3) is 0.517. The number of rotatable bonds is 13. The van der Waals surface area contributed by atoms with Crippen molar-refractivity contribution in [2.45, 2.75) is 52.0 Å². The van der Waals surface area contributed by atoms with Gasteiger partial charge in [0.25, 0.3) is 5.91 Å². The topological polar surface area (TPSA) is 55.9 Å². The summed E-state index contributed by atoms with van der Waals surface area (Å²) in [5, 5.41) is 3.07. The molecule has 0 bridgehead atoms. The Morgan fingerprint density at radius 1 is 0.889 bits per heavy atom. The number of hydrogen-bond donors (Lipinski definition) is 1. The summed E-state index contributed by atoms with van der Waals surface area (Å²) in [7, 11) is 0. The van der Waals surface area contributed by atoms with E-state index in [0.717, 1.165) is 43.6 Å². The second-order valence-corrected chi connectivity index (χ2v) is 9.55. The van der Waals surface area contributed by atoms with Crippen molar-refractivity contribution >= 4 is 11.9 Å². The van der Waals surface area contributed by atoms with Gasteiger partial charge in [-0.2, -0.15) is 0 Å². The molecule has 2 aromatic rings. The maximum absolute atomic E-state index is 13.4. The zero-order chi connectivity index (χ0) is 25.6. The molecule has 1 fully saturated rings. The molecule has 1 heterocycles. The SMILES string of the molecule is CCCCCCCCNC(=O)N(CCN1CCN(C(=O)c2ccccc2)CC1)Cc1ccc(F)cc1. The number of benzene rings is 2. The van der Waals surface area contributed by atoms with Crippen LogP contribution in [0.2, 0.25) is 0 Å². The molecule has 7 heteroatoms. The smallest absolute Gasteiger partial charge is 0.317 e. The Morgan fingerprint density at radius 3 is 2.25 bits per heavy atom. The lowest BCUT2D eigenvalue weighted by atomic mass is 10.1. The first-order valence-electron chi connectivity index (χ1n) is 13.4. The molecule has 6 nitrogen and oxygen atoms in total. The first-order valence-corrected chi connectivity index (χ1v) is 13.4. The van der Waals surface area contributed by atoms with Crippen molar-refractivity contribution in [1.29, 1.82) is 0 Å². The minimum absolute atomic E-state index is 0.0715. The number of halogens is 1. The second-order valence-electron chi connectivity index (χ2n) is 9.55. The van der Waals surface area contributed by atoms with Crippen molar-refractivity contribution in [3.63, 3.8) is 0 Å². The minimum Gasteiger partial charge on any atom is -0.338 e. The van der Waals surface area contributed by atoms with Crippen LogP contribution in [0.1, 0.15) is 61.4 Å². The number of unbranched alkanes of at least 4 members (excludes halogenated alkanes) is 5. The van der Waals surface area contributed by atoms with E-state index in [1.165, 1.54) is 37.8 Å². The number of amides is 3. The van der Waals surface area contributed by atoms with E-state index in [4.69, 9.17) is 0 Å². The van der Waals surface area contributed by atoms with Crippen LogP contribution < -0.4 is 5.32 Å². The fourth-order valence-corrected chi connectivity index (χ4v) is 4.48. The molecule has 0 atom stereocenters. The van der Waals surface area contributed by atoms with Gasteiger partial charge in [-0.25, -0.2) is 9.18 Å². The number of nitrogens with zero attached hydrogens (tertiary/aromatic N) is 3. The summed E-state index contributed by atoms with van der Waals surface area (Å²) in [6.45, 7) is 7.54. The maximum Gasteiger partial charge on any atom is 0.317 e. The van der Waals surface area contributed by atoms with Crippen LogP contribution in [0.15, 0.2) is 54.6 Å². The lowest BCUT2D eigenvalue weighted by molar-refractivity contribution is 0.0627. The molecule has 0 aromatic heterocycles. The van der Waals surface area contributed by atoms with Crippen LogP contribution in [0.3, 0.4) is 0 Å². The summed E-state index contributed by atoms with van der Waals surface area (Å²) in [5.74, 6) is -0.206. The van der Waals surface area contributed by atoms with Gasteiger partial charge in [0, 0.05) is 57.9 Å². The number of urea groups is 1. The molecule has 1 aliphatic heterocycles. The van der Waals surface area contributed by atoms with Crippen LogP contribution >= 0.6 is 0 Å². The van der Waals surface area contributed by atoms with Crippen LogP contribution in [0.5, 0.6) is 0 Å². The van der Waals surface area contributed by atoms with Crippen LogP contribution in [0, 0.1) is 5.82 Å². The zero-order valence-corrected chi connectivity index (χ0v) is 21.6. The fourth-order valence-electron chi connectivity index (χ4n) is 4.48. The van der Waals surface area contributed by atoms with Crippen molar-refractivity contribution in [3.8, 4) is 0 Å². The van der Waals surface area contributed by atoms with E-state index in [1.807, 2.05) is 40.1 Å². The molecule has 2 aromatic carbocycles. The molecule has 3 amide bonds. The van der Waals surface area contributed by atoms with Crippen molar-refractivity contribution in [1.82, 2.24) is 20.0 Å². The van der Waals surface area contributed by atoms with Gasteiger partial charge in [0.1, 0.15) is 5.82 Å². The van der Waals surface area contributed by atoms with E-state index in [0.29, 0.717) is 32.7 Å². The van der Waals surface area contributed by atoms with Gasteiger partial charge in [-0.15, -0.1) is 0 Å². The highest BCUT2D eigenvalue weighted by molar-refractivity contribution is 5.94. The van der Waals surface area contributed by atoms with Gasteiger partial charge in [0.05, 0.1) is 0 Å². The van der Waals surface area contributed by atoms with Crippen LogP contribution in [-0.4, -0.2) is 72.5 Å². The Hall–Kier alpha value is -2.93. The van der Waals surface area contributed by atoms with E-state index in [-0.39, 0.29) is 17.8 Å². The van der Waals surface area contributed by atoms with Gasteiger partial charge in [-0.3, -0.25) is 9.69 Å². The van der Waals surface area contributed by atoms with Gasteiger partial charge in [0.15, 0.2) is 0 Å². The Bertz CT molecular complexity index is 915. The molecule has 1 saturated heterocycles. The monoisotopic (exact) mass is 496 g/mol. The van der Waals surface area contributed by atoms with Crippen molar-refractivity contribution in [3.05, 3.63) is 71.5 Å². The summed E-state index contributed by atoms with van der Waals surface area (Å²) in [4.78, 5) is 31.7. The molecule has 0 unspecified atom stereocenters. The number of carbonyl (C=O) groups excluding carboxylic acids is 2. The van der Waals surface area contributed by atoms with Crippen LogP contribution in [0.25, 0.3) is 0 Å². The van der Waals surface area contributed by atoms with Crippen LogP contribution in [0.4, 0.5) is 9.18 Å². The predicted octanol–water partition coefficient (Wildman–Crippen LogP) is 5.16. The summed E-state index contributed by atoms with van der Waals surface area (Å²) in [6.07, 6.45) is 7.08. The molecular weight excluding hydrogens is 455 g/mol. The maximum atomic E-state index is 13.4. The number of hydrogen-bond acceptors (Lipinski definition) is 3. The normalized spacial score (nSPS) is 14.0. The summed E-state index contributed by atoms with van der Waals surface area (Å²) in [6, 6.07) is 15.6. The van der Waals surface area contributed by atoms with Gasteiger partial charge >= 0.3 is 6.03 Å². The molecule has 196 valence electrons. The molecule has 0 spiro atoms. The van der Waals surface area contributed by atoms with E-state index in [2.05, 4.69) is 17.1 Å². The predicted molar refractivity (Wildman–Crippen MR) is 142 cm³/mol. The van der Waals surface area contributed by atoms with Gasteiger partial charge < -0.3 is 15.1 Å². The lowest BCUT2D eigenvalue weighted by Gasteiger charge is -2.36. The van der Waals surface area contributed by atoms with Gasteiger partial charge in [0.2, 0.25) is 0 Å². The molecule has 0 aliphatic carbocycles. The van der Waals surface area contributed by atoms with Crippen molar-refractivity contribution < 1.29 is 14.0 Å². The van der Waals surface area contributed by atoms with Crippen molar-refractivity contribution in [2.75, 3.05) is 45.8 Å². The Labute approximate surface area is 215 Å². The average molecular weight is 497 g/mol. The van der Waals surface area contributed by atoms with E-state index in [9.17, 15) is 14.0 Å². The van der Waals surface area contributed by atoms with E-state index < -0.39 is 0 Å². The Kier molecular flexibility index (Phi) is 11.7.